The molecule has 1 saturated heterocycles. The highest BCUT2D eigenvalue weighted by atomic mass is 16.6. The summed E-state index contributed by atoms with van der Waals surface area (Å²) in [6, 6.07) is 5.03. The van der Waals surface area contributed by atoms with Crippen LogP contribution < -0.4 is 14.8 Å². The lowest BCUT2D eigenvalue weighted by atomic mass is 9.82. The van der Waals surface area contributed by atoms with Gasteiger partial charge in [-0.1, -0.05) is 0 Å². The third-order valence-corrected chi connectivity index (χ3v) is 5.31. The van der Waals surface area contributed by atoms with Crippen LogP contribution in [-0.2, 0) is 19.1 Å². The van der Waals surface area contributed by atoms with Crippen LogP contribution in [0.2, 0.25) is 0 Å². The van der Waals surface area contributed by atoms with Crippen molar-refractivity contribution in [3.05, 3.63) is 29.3 Å². The van der Waals surface area contributed by atoms with Crippen LogP contribution in [0.1, 0.15) is 26.7 Å². The Labute approximate surface area is 163 Å². The van der Waals surface area contributed by atoms with Gasteiger partial charge in [-0.2, -0.15) is 0 Å². The first-order chi connectivity index (χ1) is 13.3. The highest BCUT2D eigenvalue weighted by molar-refractivity contribution is 6.12. The Hall–Kier alpha value is -3.03. The number of hydrogen-bond donors (Lipinski definition) is 1. The molecule has 0 bridgehead atoms. The maximum atomic E-state index is 13.1. The van der Waals surface area contributed by atoms with Gasteiger partial charge in [0.2, 0.25) is 5.91 Å². The van der Waals surface area contributed by atoms with Gasteiger partial charge in [0.15, 0.2) is 11.5 Å². The molecule has 0 aromatic heterocycles. The summed E-state index contributed by atoms with van der Waals surface area (Å²) < 4.78 is 16.1. The lowest BCUT2D eigenvalue weighted by Gasteiger charge is -2.39. The van der Waals surface area contributed by atoms with Gasteiger partial charge in [0.1, 0.15) is 5.60 Å². The Kier molecular flexibility index (Phi) is 5.31. The number of anilines is 1. The molecule has 1 aromatic rings. The van der Waals surface area contributed by atoms with E-state index in [1.807, 2.05) is 0 Å². The molecule has 1 N–H and O–H groups in total. The van der Waals surface area contributed by atoms with E-state index in [1.165, 1.54) is 21.1 Å². The van der Waals surface area contributed by atoms with Crippen LogP contribution >= 0.6 is 0 Å². The predicted molar refractivity (Wildman–Crippen MR) is 101 cm³/mol. The van der Waals surface area contributed by atoms with Crippen molar-refractivity contribution in [3.8, 4) is 11.5 Å². The number of hydrogen-bond acceptors (Lipinski definition) is 6. The second-order valence-corrected chi connectivity index (χ2v) is 6.91. The average molecular weight is 388 g/mol. The molecular weight excluding hydrogens is 364 g/mol. The molecule has 2 amide bonds. The first-order valence-corrected chi connectivity index (χ1v) is 9.05. The number of carbonyl (C=O) groups excluding carboxylic acids is 3. The van der Waals surface area contributed by atoms with E-state index in [9.17, 15) is 14.4 Å². The van der Waals surface area contributed by atoms with Crippen molar-refractivity contribution in [1.29, 1.82) is 0 Å². The van der Waals surface area contributed by atoms with E-state index in [0.29, 0.717) is 54.3 Å². The molecule has 3 rings (SSSR count). The zero-order chi connectivity index (χ0) is 20.5. The Bertz CT molecular complexity index is 852. The van der Waals surface area contributed by atoms with Gasteiger partial charge in [-0.15, -0.1) is 0 Å². The number of ether oxygens (including phenoxy) is 3. The van der Waals surface area contributed by atoms with E-state index >= 15 is 0 Å². The molecule has 1 aromatic carbocycles. The molecule has 0 unspecified atom stereocenters. The largest absolute Gasteiger partial charge is 0.493 e. The van der Waals surface area contributed by atoms with Crippen molar-refractivity contribution in [2.45, 2.75) is 32.3 Å². The van der Waals surface area contributed by atoms with Crippen molar-refractivity contribution in [2.75, 3.05) is 32.6 Å². The molecule has 8 nitrogen and oxygen atoms in total. The Balaban J connectivity index is 1.85. The number of benzene rings is 1. The molecule has 8 heteroatoms. The first-order valence-electron chi connectivity index (χ1n) is 9.05. The Morgan fingerprint density at radius 3 is 2.36 bits per heavy atom. The van der Waals surface area contributed by atoms with Gasteiger partial charge in [0, 0.05) is 50.2 Å². The smallest absolute Gasteiger partial charge is 0.335 e. The summed E-state index contributed by atoms with van der Waals surface area (Å²) in [5.74, 6) is 0.106. The normalized spacial score (nSPS) is 18.1. The Morgan fingerprint density at radius 1 is 1.14 bits per heavy atom. The van der Waals surface area contributed by atoms with Crippen LogP contribution in [0.25, 0.3) is 0 Å². The molecule has 0 atom stereocenters. The van der Waals surface area contributed by atoms with E-state index in [1.54, 1.807) is 30.0 Å². The maximum Gasteiger partial charge on any atom is 0.335 e. The highest BCUT2D eigenvalue weighted by Gasteiger charge is 2.51. The zero-order valence-corrected chi connectivity index (χ0v) is 16.5. The maximum absolute atomic E-state index is 13.1. The minimum atomic E-state index is -0.992. The summed E-state index contributed by atoms with van der Waals surface area (Å²) in [6.45, 7) is 3.97. The van der Waals surface area contributed by atoms with Crippen molar-refractivity contribution in [1.82, 2.24) is 4.90 Å². The topological polar surface area (TPSA) is 94.2 Å². The summed E-state index contributed by atoms with van der Waals surface area (Å²) in [7, 11) is 3.04. The predicted octanol–water partition coefficient (Wildman–Crippen LogP) is 1.90. The number of esters is 1. The standard InChI is InChI=1S/C20H24N2O6/c1-12-17(18(24)21-14-5-6-15(26-3)16(11-14)27-4)20(28-19(12)25)7-9-22(10-8-20)13(2)23/h5-6,11H,7-10H2,1-4H3,(H,21,24). The van der Waals surface area contributed by atoms with Crippen LogP contribution in [0.15, 0.2) is 29.3 Å². The quantitative estimate of drug-likeness (QED) is 0.792. The third kappa shape index (κ3) is 3.42. The molecule has 1 fully saturated rings. The van der Waals surface area contributed by atoms with E-state index in [0.717, 1.165) is 0 Å². The monoisotopic (exact) mass is 388 g/mol. The summed E-state index contributed by atoms with van der Waals surface area (Å²) in [6.07, 6.45) is 0.786. The number of nitrogens with one attached hydrogen (secondary N) is 1. The molecule has 2 aliphatic rings. The average Bonchev–Trinajstić information content (AvgIpc) is 2.91. The van der Waals surface area contributed by atoms with Gasteiger partial charge in [0.05, 0.1) is 19.8 Å². The molecular formula is C20H24N2O6. The summed E-state index contributed by atoms with van der Waals surface area (Å²) >= 11 is 0. The lowest BCUT2D eigenvalue weighted by molar-refractivity contribution is -0.152. The first kappa shape index (κ1) is 19.7. The van der Waals surface area contributed by atoms with Gasteiger partial charge in [-0.05, 0) is 19.1 Å². The molecule has 2 aliphatic heterocycles. The van der Waals surface area contributed by atoms with Crippen molar-refractivity contribution < 1.29 is 28.6 Å². The van der Waals surface area contributed by atoms with Crippen LogP contribution in [0.4, 0.5) is 5.69 Å². The second-order valence-electron chi connectivity index (χ2n) is 6.91. The van der Waals surface area contributed by atoms with E-state index < -0.39 is 17.5 Å². The third-order valence-electron chi connectivity index (χ3n) is 5.31. The summed E-state index contributed by atoms with van der Waals surface area (Å²) in [5, 5.41) is 2.82. The highest BCUT2D eigenvalue weighted by Crippen LogP contribution is 2.41. The zero-order valence-electron chi connectivity index (χ0n) is 16.5. The van der Waals surface area contributed by atoms with Gasteiger partial charge in [-0.3, -0.25) is 9.59 Å². The summed E-state index contributed by atoms with van der Waals surface area (Å²) in [4.78, 5) is 38.6. The molecule has 2 heterocycles. The van der Waals surface area contributed by atoms with E-state index in [-0.39, 0.29) is 5.91 Å². The SMILES string of the molecule is COc1ccc(NC(=O)C2=C(C)C(=O)OC23CCN(C(C)=O)CC3)cc1OC. The molecule has 0 aliphatic carbocycles. The second kappa shape index (κ2) is 7.53. The van der Waals surface area contributed by atoms with E-state index in [2.05, 4.69) is 5.32 Å². The van der Waals surface area contributed by atoms with E-state index in [4.69, 9.17) is 14.2 Å². The number of nitrogens with zero attached hydrogens (tertiary/aromatic N) is 1. The number of rotatable bonds is 4. The van der Waals surface area contributed by atoms with Gasteiger partial charge in [0.25, 0.3) is 5.91 Å². The molecule has 1 spiro atoms. The summed E-state index contributed by atoms with van der Waals surface area (Å²) in [5.41, 5.74) is 0.150. The fourth-order valence-corrected chi connectivity index (χ4v) is 3.77. The van der Waals surface area contributed by atoms with Crippen molar-refractivity contribution >= 4 is 23.5 Å². The fourth-order valence-electron chi connectivity index (χ4n) is 3.77. The minimum Gasteiger partial charge on any atom is -0.493 e. The number of piperidine rings is 1. The van der Waals surface area contributed by atoms with Gasteiger partial charge >= 0.3 is 5.97 Å². The fraction of sp³-hybridized carbons (Fsp3) is 0.450. The Morgan fingerprint density at radius 2 is 1.79 bits per heavy atom. The number of likely N-dealkylation sites (tertiary alicyclic amines) is 1. The molecule has 28 heavy (non-hydrogen) atoms. The molecule has 150 valence electrons. The van der Waals surface area contributed by atoms with Crippen LogP contribution in [0.5, 0.6) is 11.5 Å². The number of methoxy groups -OCH3 is 2. The molecule has 0 saturated carbocycles. The van der Waals surface area contributed by atoms with Crippen molar-refractivity contribution in [2.24, 2.45) is 0 Å². The number of amides is 2. The van der Waals surface area contributed by atoms with Crippen LogP contribution in [-0.4, -0.2) is 55.6 Å². The minimum absolute atomic E-state index is 0.0313. The van der Waals surface area contributed by atoms with Crippen LogP contribution in [0, 0.1) is 0 Å². The van der Waals surface area contributed by atoms with Gasteiger partial charge in [-0.25, -0.2) is 4.79 Å². The number of carbonyl (C=O) groups is 3. The molecule has 0 radical (unpaired) electrons. The van der Waals surface area contributed by atoms with Crippen molar-refractivity contribution in [3.63, 3.8) is 0 Å². The van der Waals surface area contributed by atoms with Crippen LogP contribution in [0.3, 0.4) is 0 Å². The van der Waals surface area contributed by atoms with Gasteiger partial charge < -0.3 is 24.4 Å². The lowest BCUT2D eigenvalue weighted by Crippen LogP contribution is -2.49.